The Morgan fingerprint density at radius 1 is 1.45 bits per heavy atom. The van der Waals surface area contributed by atoms with Gasteiger partial charge in [0.15, 0.2) is 0 Å². The number of alkyl halides is 2. The van der Waals surface area contributed by atoms with E-state index in [0.717, 1.165) is 0 Å². The molecule has 1 aliphatic rings. The second-order valence-electron chi connectivity index (χ2n) is 2.96. The molecule has 0 aromatic heterocycles. The Kier molecular flexibility index (Phi) is 3.23. The highest BCUT2D eigenvalue weighted by Gasteiger charge is 2.55. The average Bonchev–Trinajstić information content (AvgIpc) is 1.58. The highest BCUT2D eigenvalue weighted by molar-refractivity contribution is 5.85. The maximum Gasteiger partial charge on any atom is 0.253 e. The Morgan fingerprint density at radius 3 is 2.18 bits per heavy atom. The van der Waals surface area contributed by atoms with Gasteiger partial charge in [-0.2, -0.15) is 0 Å². The van der Waals surface area contributed by atoms with Gasteiger partial charge in [0.25, 0.3) is 5.92 Å². The smallest absolute Gasteiger partial charge is 0.253 e. The van der Waals surface area contributed by atoms with E-state index in [-0.39, 0.29) is 19.0 Å². The van der Waals surface area contributed by atoms with Crippen LogP contribution in [0.1, 0.15) is 12.8 Å². The second kappa shape index (κ2) is 3.21. The molecule has 0 atom stereocenters. The van der Waals surface area contributed by atoms with Crippen molar-refractivity contribution in [2.75, 3.05) is 13.6 Å². The first-order valence-corrected chi connectivity index (χ1v) is 3.22. The number of likely N-dealkylation sites (N-methyl/N-ethyl adjacent to an activating group) is 1. The van der Waals surface area contributed by atoms with Crippen LogP contribution in [0.2, 0.25) is 0 Å². The van der Waals surface area contributed by atoms with E-state index in [1.165, 1.54) is 0 Å². The van der Waals surface area contributed by atoms with E-state index in [1.807, 2.05) is 0 Å². The summed E-state index contributed by atoms with van der Waals surface area (Å²) >= 11 is 0. The van der Waals surface area contributed by atoms with Crippen LogP contribution in [-0.2, 0) is 0 Å². The van der Waals surface area contributed by atoms with Gasteiger partial charge in [0.05, 0.1) is 5.60 Å². The monoisotopic (exact) mass is 187 g/mol. The van der Waals surface area contributed by atoms with E-state index >= 15 is 0 Å². The molecular formula is C6H12ClF2NO. The third-order valence-electron chi connectivity index (χ3n) is 1.68. The van der Waals surface area contributed by atoms with Gasteiger partial charge in [-0.25, -0.2) is 8.78 Å². The molecule has 0 radical (unpaired) electrons. The van der Waals surface area contributed by atoms with Crippen LogP contribution in [0.25, 0.3) is 0 Å². The summed E-state index contributed by atoms with van der Waals surface area (Å²) in [6, 6.07) is 0. The van der Waals surface area contributed by atoms with Crippen LogP contribution in [0.5, 0.6) is 0 Å². The topological polar surface area (TPSA) is 32.3 Å². The standard InChI is InChI=1S/C6H11F2NO.ClH/c1-9-4-5(10)2-6(7,8)3-5;/h9-10H,2-4H2,1H3;1H. The van der Waals surface area contributed by atoms with Crippen molar-refractivity contribution in [2.45, 2.75) is 24.4 Å². The van der Waals surface area contributed by atoms with Gasteiger partial charge in [-0.3, -0.25) is 0 Å². The molecular weight excluding hydrogens is 176 g/mol. The van der Waals surface area contributed by atoms with Gasteiger partial charge in [-0.05, 0) is 7.05 Å². The minimum Gasteiger partial charge on any atom is -0.388 e. The van der Waals surface area contributed by atoms with E-state index in [1.54, 1.807) is 7.05 Å². The molecule has 0 amide bonds. The van der Waals surface area contributed by atoms with Crippen molar-refractivity contribution >= 4 is 12.4 Å². The van der Waals surface area contributed by atoms with E-state index in [0.29, 0.717) is 0 Å². The minimum atomic E-state index is -2.63. The number of rotatable bonds is 2. The van der Waals surface area contributed by atoms with Crippen molar-refractivity contribution in [3.05, 3.63) is 0 Å². The molecule has 1 fully saturated rings. The van der Waals surface area contributed by atoms with Crippen molar-refractivity contribution in [1.82, 2.24) is 5.32 Å². The third kappa shape index (κ3) is 2.54. The molecule has 1 aliphatic carbocycles. The largest absolute Gasteiger partial charge is 0.388 e. The first-order chi connectivity index (χ1) is 4.47. The Hall–Kier alpha value is 0.0700. The molecule has 2 N–H and O–H groups in total. The van der Waals surface area contributed by atoms with Crippen molar-refractivity contribution in [1.29, 1.82) is 0 Å². The summed E-state index contributed by atoms with van der Waals surface area (Å²) in [4.78, 5) is 0. The van der Waals surface area contributed by atoms with Crippen LogP contribution in [-0.4, -0.2) is 30.2 Å². The Morgan fingerprint density at radius 2 is 1.91 bits per heavy atom. The molecule has 1 rings (SSSR count). The molecule has 2 nitrogen and oxygen atoms in total. The molecule has 0 saturated heterocycles. The number of halogens is 3. The number of aliphatic hydroxyl groups is 1. The summed E-state index contributed by atoms with van der Waals surface area (Å²) in [5.41, 5.74) is -1.15. The Bertz CT molecular complexity index is 135. The van der Waals surface area contributed by atoms with Crippen molar-refractivity contribution in [2.24, 2.45) is 0 Å². The number of nitrogens with one attached hydrogen (secondary N) is 1. The van der Waals surface area contributed by atoms with Crippen molar-refractivity contribution in [3.8, 4) is 0 Å². The predicted molar refractivity (Wildman–Crippen MR) is 40.3 cm³/mol. The first kappa shape index (κ1) is 11.1. The minimum absolute atomic E-state index is 0. The zero-order chi connectivity index (χ0) is 7.83. The Labute approximate surface area is 70.4 Å². The highest BCUT2D eigenvalue weighted by atomic mass is 35.5. The lowest BCUT2D eigenvalue weighted by molar-refractivity contribution is -0.201. The molecule has 5 heteroatoms. The number of hydrogen-bond acceptors (Lipinski definition) is 2. The van der Waals surface area contributed by atoms with E-state index < -0.39 is 24.4 Å². The number of hydrogen-bond donors (Lipinski definition) is 2. The summed E-state index contributed by atoms with van der Waals surface area (Å²) in [7, 11) is 1.63. The SMILES string of the molecule is CNCC1(O)CC(F)(F)C1.Cl. The van der Waals surface area contributed by atoms with E-state index in [4.69, 9.17) is 0 Å². The van der Waals surface area contributed by atoms with Crippen LogP contribution < -0.4 is 5.32 Å². The molecule has 0 spiro atoms. The fourth-order valence-electron chi connectivity index (χ4n) is 1.37. The summed E-state index contributed by atoms with van der Waals surface area (Å²) in [5.74, 6) is -2.63. The molecule has 0 aromatic rings. The predicted octanol–water partition coefficient (Wildman–Crippen LogP) is 0.788. The van der Waals surface area contributed by atoms with Crippen LogP contribution in [0.3, 0.4) is 0 Å². The molecule has 0 aromatic carbocycles. The van der Waals surface area contributed by atoms with Gasteiger partial charge in [0.2, 0.25) is 0 Å². The molecule has 11 heavy (non-hydrogen) atoms. The lowest BCUT2D eigenvalue weighted by atomic mass is 9.76. The van der Waals surface area contributed by atoms with Crippen LogP contribution in [0.4, 0.5) is 8.78 Å². The van der Waals surface area contributed by atoms with Crippen molar-refractivity contribution < 1.29 is 13.9 Å². The fourth-order valence-corrected chi connectivity index (χ4v) is 1.37. The quantitative estimate of drug-likeness (QED) is 0.670. The Balaban J connectivity index is 0.000001000. The first-order valence-electron chi connectivity index (χ1n) is 3.22. The maximum atomic E-state index is 12.2. The average molecular weight is 188 g/mol. The lowest BCUT2D eigenvalue weighted by Gasteiger charge is -2.42. The zero-order valence-electron chi connectivity index (χ0n) is 6.23. The van der Waals surface area contributed by atoms with Gasteiger partial charge < -0.3 is 10.4 Å². The van der Waals surface area contributed by atoms with Crippen molar-refractivity contribution in [3.63, 3.8) is 0 Å². The summed E-state index contributed by atoms with van der Waals surface area (Å²) in [6.45, 7) is 0.253. The summed E-state index contributed by atoms with van der Waals surface area (Å²) in [5, 5.41) is 11.9. The highest BCUT2D eigenvalue weighted by Crippen LogP contribution is 2.44. The zero-order valence-corrected chi connectivity index (χ0v) is 7.05. The third-order valence-corrected chi connectivity index (χ3v) is 1.68. The van der Waals surface area contributed by atoms with Crippen LogP contribution in [0.15, 0.2) is 0 Å². The molecule has 0 heterocycles. The van der Waals surface area contributed by atoms with Crippen LogP contribution in [0, 0.1) is 0 Å². The molecule has 0 bridgehead atoms. The van der Waals surface area contributed by atoms with Gasteiger partial charge in [-0.1, -0.05) is 0 Å². The molecule has 0 unspecified atom stereocenters. The normalized spacial score (nSPS) is 25.1. The lowest BCUT2D eigenvalue weighted by Crippen LogP contribution is -2.56. The van der Waals surface area contributed by atoms with E-state index in [2.05, 4.69) is 5.32 Å². The van der Waals surface area contributed by atoms with Gasteiger partial charge >= 0.3 is 0 Å². The van der Waals surface area contributed by atoms with Gasteiger partial charge in [-0.15, -0.1) is 12.4 Å². The second-order valence-corrected chi connectivity index (χ2v) is 2.96. The molecule has 0 aliphatic heterocycles. The summed E-state index contributed by atoms with van der Waals surface area (Å²) < 4.78 is 24.3. The molecule has 1 saturated carbocycles. The maximum absolute atomic E-state index is 12.2. The van der Waals surface area contributed by atoms with Gasteiger partial charge in [0, 0.05) is 19.4 Å². The fraction of sp³-hybridized carbons (Fsp3) is 1.00. The van der Waals surface area contributed by atoms with Crippen LogP contribution >= 0.6 is 12.4 Å². The molecule has 68 valence electrons. The van der Waals surface area contributed by atoms with Gasteiger partial charge in [0.1, 0.15) is 0 Å². The van der Waals surface area contributed by atoms with E-state index in [9.17, 15) is 13.9 Å². The summed E-state index contributed by atoms with van der Waals surface area (Å²) in [6.07, 6.45) is -0.804.